The number of rotatable bonds is 4. The molecule has 1 amide bonds. The van der Waals surface area contributed by atoms with Crippen molar-refractivity contribution < 1.29 is 18.0 Å². The molecule has 0 N–H and O–H groups in total. The number of fused-ring (bicyclic) bond motifs is 3. The summed E-state index contributed by atoms with van der Waals surface area (Å²) >= 11 is 0.999. The van der Waals surface area contributed by atoms with Crippen molar-refractivity contribution in [2.24, 2.45) is 0 Å². The second-order valence-corrected chi connectivity index (χ2v) is 8.71. The number of carbonyl (C=O) groups is 1. The molecule has 0 saturated carbocycles. The molecule has 1 fully saturated rings. The average Bonchev–Trinajstić information content (AvgIpc) is 2.76. The van der Waals surface area contributed by atoms with Gasteiger partial charge in [0, 0.05) is 23.7 Å². The number of benzene rings is 1. The van der Waals surface area contributed by atoms with Crippen LogP contribution < -0.4 is 0 Å². The van der Waals surface area contributed by atoms with Crippen molar-refractivity contribution in [3.8, 4) is 11.3 Å². The lowest BCUT2D eigenvalue weighted by Gasteiger charge is -2.35. The third kappa shape index (κ3) is 4.19. The van der Waals surface area contributed by atoms with Gasteiger partial charge in [0.1, 0.15) is 0 Å². The van der Waals surface area contributed by atoms with E-state index in [-0.39, 0.29) is 34.8 Å². The molecule has 1 aromatic heterocycles. The Bertz CT molecular complexity index is 948. The van der Waals surface area contributed by atoms with Gasteiger partial charge in [0.05, 0.1) is 11.4 Å². The van der Waals surface area contributed by atoms with Crippen molar-refractivity contribution in [1.29, 1.82) is 0 Å². The molecule has 30 heavy (non-hydrogen) atoms. The number of halogens is 3. The molecule has 0 spiro atoms. The van der Waals surface area contributed by atoms with Crippen LogP contribution in [0.2, 0.25) is 0 Å². The molecule has 160 valence electrons. The molecular weight excluding hydrogens is 411 g/mol. The maximum Gasteiger partial charge on any atom is 0.433 e. The predicted octanol–water partition coefficient (Wildman–Crippen LogP) is 5.14. The van der Waals surface area contributed by atoms with Crippen LogP contribution in [0.5, 0.6) is 0 Å². The largest absolute Gasteiger partial charge is 0.433 e. The van der Waals surface area contributed by atoms with E-state index in [1.165, 1.54) is 0 Å². The van der Waals surface area contributed by atoms with Crippen LogP contribution in [0.15, 0.2) is 29.4 Å². The van der Waals surface area contributed by atoms with Gasteiger partial charge in [0.25, 0.3) is 0 Å². The topological polar surface area (TPSA) is 46.1 Å². The summed E-state index contributed by atoms with van der Waals surface area (Å²) in [7, 11) is 0. The highest BCUT2D eigenvalue weighted by Crippen LogP contribution is 2.40. The van der Waals surface area contributed by atoms with Crippen molar-refractivity contribution in [3.63, 3.8) is 0 Å². The van der Waals surface area contributed by atoms with Gasteiger partial charge in [0.2, 0.25) is 5.91 Å². The van der Waals surface area contributed by atoms with Crippen molar-refractivity contribution in [1.82, 2.24) is 14.9 Å². The van der Waals surface area contributed by atoms with Crippen molar-refractivity contribution >= 4 is 17.7 Å². The number of carbonyl (C=O) groups excluding carboxylic acids is 1. The number of likely N-dealkylation sites (tertiary alicyclic amines) is 1. The summed E-state index contributed by atoms with van der Waals surface area (Å²) < 4.78 is 41.2. The van der Waals surface area contributed by atoms with Gasteiger partial charge in [-0.25, -0.2) is 9.97 Å². The maximum atomic E-state index is 13.7. The molecule has 8 heteroatoms. The van der Waals surface area contributed by atoms with Gasteiger partial charge in [0.15, 0.2) is 10.9 Å². The summed E-state index contributed by atoms with van der Waals surface area (Å²) in [6, 6.07) is 7.63. The van der Waals surface area contributed by atoms with Gasteiger partial charge in [-0.15, -0.1) is 0 Å². The summed E-state index contributed by atoms with van der Waals surface area (Å²) in [5, 5.41) is 0.0104. The number of thioether (sulfide) groups is 1. The highest BCUT2D eigenvalue weighted by molar-refractivity contribution is 7.99. The van der Waals surface area contributed by atoms with E-state index in [4.69, 9.17) is 0 Å². The molecular formula is C22H24F3N3OS. The average molecular weight is 436 g/mol. The van der Waals surface area contributed by atoms with Crippen molar-refractivity contribution in [3.05, 3.63) is 41.1 Å². The Balaban J connectivity index is 1.62. The molecule has 1 aliphatic carbocycles. The predicted molar refractivity (Wildman–Crippen MR) is 110 cm³/mol. The fourth-order valence-corrected chi connectivity index (χ4v) is 5.14. The van der Waals surface area contributed by atoms with Crippen LogP contribution in [0, 0.1) is 0 Å². The number of hydrogen-bond acceptors (Lipinski definition) is 4. The van der Waals surface area contributed by atoms with Crippen LogP contribution >= 0.6 is 11.8 Å². The molecule has 1 saturated heterocycles. The molecule has 2 aliphatic rings. The van der Waals surface area contributed by atoms with Crippen molar-refractivity contribution in [2.75, 3.05) is 12.3 Å². The SMILES string of the molecule is CC[C@H]1CCCCN1C(=O)CSc1nc2c(c(C(F)(F)F)n1)CCc1ccccc1-2. The lowest BCUT2D eigenvalue weighted by molar-refractivity contribution is -0.142. The van der Waals surface area contributed by atoms with Gasteiger partial charge in [-0.3, -0.25) is 4.79 Å². The summed E-state index contributed by atoms with van der Waals surface area (Å²) in [4.78, 5) is 22.9. The van der Waals surface area contributed by atoms with E-state index in [9.17, 15) is 18.0 Å². The lowest BCUT2D eigenvalue weighted by Crippen LogP contribution is -2.44. The summed E-state index contributed by atoms with van der Waals surface area (Å²) in [5.41, 5.74) is 1.34. The van der Waals surface area contributed by atoms with Crippen LogP contribution in [0.25, 0.3) is 11.3 Å². The minimum Gasteiger partial charge on any atom is -0.339 e. The van der Waals surface area contributed by atoms with E-state index in [0.717, 1.165) is 48.6 Å². The van der Waals surface area contributed by atoms with Gasteiger partial charge >= 0.3 is 6.18 Å². The molecule has 0 unspecified atom stereocenters. The smallest absolute Gasteiger partial charge is 0.339 e. The second-order valence-electron chi connectivity index (χ2n) is 7.77. The monoisotopic (exact) mass is 435 g/mol. The van der Waals surface area contributed by atoms with E-state index in [1.807, 2.05) is 17.0 Å². The molecule has 1 atom stereocenters. The number of piperidine rings is 1. The number of hydrogen-bond donors (Lipinski definition) is 0. The van der Waals surface area contributed by atoms with E-state index < -0.39 is 11.9 Å². The third-order valence-electron chi connectivity index (χ3n) is 5.92. The van der Waals surface area contributed by atoms with Gasteiger partial charge in [-0.1, -0.05) is 43.0 Å². The third-order valence-corrected chi connectivity index (χ3v) is 6.75. The number of nitrogens with zero attached hydrogens (tertiary/aromatic N) is 3. The molecule has 1 aromatic carbocycles. The summed E-state index contributed by atoms with van der Waals surface area (Å²) in [6.07, 6.45) is 0.191. The molecule has 0 radical (unpaired) electrons. The molecule has 4 rings (SSSR count). The Hall–Kier alpha value is -2.09. The number of aromatic nitrogens is 2. The molecule has 2 aromatic rings. The Labute approximate surface area is 178 Å². The normalized spacial score (nSPS) is 18.7. The quantitative estimate of drug-likeness (QED) is 0.493. The lowest BCUT2D eigenvalue weighted by atomic mass is 9.88. The highest BCUT2D eigenvalue weighted by atomic mass is 32.2. The first-order chi connectivity index (χ1) is 14.4. The molecule has 0 bridgehead atoms. The van der Waals surface area contributed by atoms with Gasteiger partial charge in [-0.2, -0.15) is 13.2 Å². The zero-order valence-corrected chi connectivity index (χ0v) is 17.7. The van der Waals surface area contributed by atoms with Gasteiger partial charge in [-0.05, 0) is 44.1 Å². The van der Waals surface area contributed by atoms with Crippen LogP contribution in [0.4, 0.5) is 13.2 Å². The number of amides is 1. The first kappa shape index (κ1) is 21.2. The minimum atomic E-state index is -4.56. The fraction of sp³-hybridized carbons (Fsp3) is 0.500. The molecule has 2 heterocycles. The maximum absolute atomic E-state index is 13.7. The molecule has 4 nitrogen and oxygen atoms in total. The van der Waals surface area contributed by atoms with Gasteiger partial charge < -0.3 is 4.90 Å². The summed E-state index contributed by atoms with van der Waals surface area (Å²) in [6.45, 7) is 2.77. The molecule has 1 aliphatic heterocycles. The minimum absolute atomic E-state index is 0.0104. The Kier molecular flexibility index (Phi) is 6.04. The highest BCUT2D eigenvalue weighted by Gasteiger charge is 2.39. The second kappa shape index (κ2) is 8.57. The van der Waals surface area contributed by atoms with Crippen LogP contribution in [0.1, 0.15) is 49.4 Å². The number of alkyl halides is 3. The Morgan fingerprint density at radius 1 is 1.20 bits per heavy atom. The fourth-order valence-electron chi connectivity index (χ4n) is 4.41. The van der Waals surface area contributed by atoms with Crippen LogP contribution in [0.3, 0.4) is 0 Å². The Morgan fingerprint density at radius 2 is 2.00 bits per heavy atom. The zero-order valence-electron chi connectivity index (χ0n) is 16.8. The van der Waals surface area contributed by atoms with E-state index in [1.54, 1.807) is 12.1 Å². The summed E-state index contributed by atoms with van der Waals surface area (Å²) in [5.74, 6) is -0.00403. The first-order valence-corrected chi connectivity index (χ1v) is 11.4. The van der Waals surface area contributed by atoms with E-state index >= 15 is 0 Å². The van der Waals surface area contributed by atoms with Crippen LogP contribution in [-0.4, -0.2) is 39.1 Å². The van der Waals surface area contributed by atoms with Crippen molar-refractivity contribution in [2.45, 2.75) is 62.8 Å². The standard InChI is InChI=1S/C22H24F3N3OS/c1-2-15-8-5-6-12-28(15)18(29)13-30-21-26-19-16-9-4-3-7-14(16)10-11-17(19)20(27-21)22(23,24)25/h3-4,7,9,15H,2,5-6,8,10-13H2,1H3/t15-/m0/s1. The van der Waals surface area contributed by atoms with E-state index in [0.29, 0.717) is 18.7 Å². The Morgan fingerprint density at radius 3 is 2.77 bits per heavy atom. The van der Waals surface area contributed by atoms with Crippen LogP contribution in [-0.2, 0) is 23.8 Å². The zero-order chi connectivity index (χ0) is 21.3. The first-order valence-electron chi connectivity index (χ1n) is 10.4. The van der Waals surface area contributed by atoms with E-state index in [2.05, 4.69) is 16.9 Å². The number of aryl methyl sites for hydroxylation is 1.